The Bertz CT molecular complexity index is 658. The summed E-state index contributed by atoms with van der Waals surface area (Å²) >= 11 is 3.46. The minimum Gasteiger partial charge on any atom is -0.495 e. The van der Waals surface area contributed by atoms with E-state index >= 15 is 0 Å². The Kier molecular flexibility index (Phi) is 4.67. The van der Waals surface area contributed by atoms with E-state index in [0.29, 0.717) is 11.6 Å². The number of nitrogen functional groups attached to an aromatic ring is 1. The van der Waals surface area contributed by atoms with Gasteiger partial charge >= 0.3 is 0 Å². The summed E-state index contributed by atoms with van der Waals surface area (Å²) in [4.78, 5) is 8.88. The van der Waals surface area contributed by atoms with Gasteiger partial charge in [0, 0.05) is 16.0 Å². The fourth-order valence-corrected chi connectivity index (χ4v) is 2.20. The highest BCUT2D eigenvalue weighted by molar-refractivity contribution is 9.10. The number of benzene rings is 1. The number of nitrogens with zero attached hydrogens (tertiary/aromatic N) is 2. The van der Waals surface area contributed by atoms with Crippen LogP contribution in [-0.2, 0) is 0 Å². The molecule has 0 saturated carbocycles. The van der Waals surface area contributed by atoms with E-state index in [1.165, 1.54) is 0 Å². The number of halogens is 1. The van der Waals surface area contributed by atoms with Crippen molar-refractivity contribution in [1.29, 1.82) is 0 Å². The van der Waals surface area contributed by atoms with Crippen molar-refractivity contribution in [3.8, 4) is 5.75 Å². The SMILES string of the molecule is COc1ccc(Br)cc1Nc1nc(C(C)C)nc(N)c1C. The summed E-state index contributed by atoms with van der Waals surface area (Å²) in [5.74, 6) is 2.85. The Morgan fingerprint density at radius 1 is 1.29 bits per heavy atom. The van der Waals surface area contributed by atoms with Crippen LogP contribution in [0.15, 0.2) is 22.7 Å². The van der Waals surface area contributed by atoms with Crippen LogP contribution in [0.1, 0.15) is 31.2 Å². The fourth-order valence-electron chi connectivity index (χ4n) is 1.84. The molecule has 0 aliphatic heterocycles. The second kappa shape index (κ2) is 6.30. The molecule has 21 heavy (non-hydrogen) atoms. The van der Waals surface area contributed by atoms with Crippen molar-refractivity contribution in [3.63, 3.8) is 0 Å². The van der Waals surface area contributed by atoms with Gasteiger partial charge in [0.05, 0.1) is 12.8 Å². The van der Waals surface area contributed by atoms with Gasteiger partial charge in [-0.3, -0.25) is 0 Å². The Hall–Kier alpha value is -1.82. The maximum atomic E-state index is 5.98. The zero-order chi connectivity index (χ0) is 15.6. The maximum absolute atomic E-state index is 5.98. The quantitative estimate of drug-likeness (QED) is 0.871. The van der Waals surface area contributed by atoms with Crippen LogP contribution in [-0.4, -0.2) is 17.1 Å². The van der Waals surface area contributed by atoms with E-state index in [2.05, 4.69) is 31.2 Å². The Labute approximate surface area is 133 Å². The average molecular weight is 351 g/mol. The standard InChI is InChI=1S/C15H19BrN4O/c1-8(2)14-19-13(17)9(3)15(20-14)18-11-7-10(16)5-6-12(11)21-4/h5-8H,1-4H3,(H3,17,18,19,20). The first-order chi connectivity index (χ1) is 9.92. The van der Waals surface area contributed by atoms with Crippen molar-refractivity contribution in [2.24, 2.45) is 0 Å². The smallest absolute Gasteiger partial charge is 0.142 e. The maximum Gasteiger partial charge on any atom is 0.142 e. The summed E-state index contributed by atoms with van der Waals surface area (Å²) < 4.78 is 6.32. The first-order valence-electron chi connectivity index (χ1n) is 6.67. The van der Waals surface area contributed by atoms with Crippen molar-refractivity contribution in [3.05, 3.63) is 34.1 Å². The third-order valence-electron chi connectivity index (χ3n) is 3.13. The van der Waals surface area contributed by atoms with Gasteiger partial charge in [-0.15, -0.1) is 0 Å². The van der Waals surface area contributed by atoms with Crippen LogP contribution >= 0.6 is 15.9 Å². The van der Waals surface area contributed by atoms with Gasteiger partial charge in [-0.1, -0.05) is 29.8 Å². The molecule has 0 atom stereocenters. The van der Waals surface area contributed by atoms with Crippen molar-refractivity contribution in [2.75, 3.05) is 18.2 Å². The minimum absolute atomic E-state index is 0.206. The topological polar surface area (TPSA) is 73.1 Å². The van der Waals surface area contributed by atoms with Gasteiger partial charge in [-0.2, -0.15) is 0 Å². The van der Waals surface area contributed by atoms with Gasteiger partial charge in [0.25, 0.3) is 0 Å². The number of nitrogens with two attached hydrogens (primary N) is 1. The monoisotopic (exact) mass is 350 g/mol. The van der Waals surface area contributed by atoms with Gasteiger partial charge in [0.15, 0.2) is 0 Å². The predicted octanol–water partition coefficient (Wildman–Crippen LogP) is 4.01. The molecule has 2 aromatic rings. The Balaban J connectivity index is 2.46. The zero-order valence-electron chi connectivity index (χ0n) is 12.6. The van der Waals surface area contributed by atoms with Crippen molar-refractivity contribution < 1.29 is 4.74 Å². The van der Waals surface area contributed by atoms with E-state index in [4.69, 9.17) is 10.5 Å². The Morgan fingerprint density at radius 3 is 2.62 bits per heavy atom. The lowest BCUT2D eigenvalue weighted by Crippen LogP contribution is -2.08. The van der Waals surface area contributed by atoms with Crippen LogP contribution in [0.3, 0.4) is 0 Å². The molecule has 0 amide bonds. The van der Waals surface area contributed by atoms with Crippen LogP contribution in [0.2, 0.25) is 0 Å². The number of aromatic nitrogens is 2. The van der Waals surface area contributed by atoms with Crippen LogP contribution < -0.4 is 15.8 Å². The fraction of sp³-hybridized carbons (Fsp3) is 0.333. The second-order valence-corrected chi connectivity index (χ2v) is 5.98. The molecule has 2 rings (SSSR count). The molecule has 112 valence electrons. The predicted molar refractivity (Wildman–Crippen MR) is 89.2 cm³/mol. The molecule has 0 radical (unpaired) electrons. The molecule has 0 spiro atoms. The number of rotatable bonds is 4. The largest absolute Gasteiger partial charge is 0.495 e. The highest BCUT2D eigenvalue weighted by Crippen LogP contribution is 2.32. The van der Waals surface area contributed by atoms with Gasteiger partial charge in [-0.25, -0.2) is 9.97 Å². The van der Waals surface area contributed by atoms with Crippen LogP contribution in [0.4, 0.5) is 17.3 Å². The lowest BCUT2D eigenvalue weighted by molar-refractivity contribution is 0.416. The molecular formula is C15H19BrN4O. The third-order valence-corrected chi connectivity index (χ3v) is 3.63. The van der Waals surface area contributed by atoms with Crippen LogP contribution in [0.5, 0.6) is 5.75 Å². The number of methoxy groups -OCH3 is 1. The number of hydrogen-bond acceptors (Lipinski definition) is 5. The lowest BCUT2D eigenvalue weighted by Gasteiger charge is -2.15. The second-order valence-electron chi connectivity index (χ2n) is 5.06. The van der Waals surface area contributed by atoms with Gasteiger partial charge in [0.2, 0.25) is 0 Å². The molecule has 0 aliphatic rings. The van der Waals surface area contributed by atoms with Crippen molar-refractivity contribution in [1.82, 2.24) is 9.97 Å². The van der Waals surface area contributed by atoms with E-state index < -0.39 is 0 Å². The molecule has 1 aromatic carbocycles. The first kappa shape index (κ1) is 15.6. The van der Waals surface area contributed by atoms with E-state index in [0.717, 1.165) is 27.3 Å². The van der Waals surface area contributed by atoms with E-state index in [9.17, 15) is 0 Å². The highest BCUT2D eigenvalue weighted by atomic mass is 79.9. The van der Waals surface area contributed by atoms with Crippen LogP contribution in [0, 0.1) is 6.92 Å². The molecule has 0 fully saturated rings. The summed E-state index contributed by atoms with van der Waals surface area (Å²) in [6.07, 6.45) is 0. The molecule has 0 bridgehead atoms. The van der Waals surface area contributed by atoms with E-state index in [-0.39, 0.29) is 5.92 Å². The molecule has 6 heteroatoms. The highest BCUT2D eigenvalue weighted by Gasteiger charge is 2.13. The van der Waals surface area contributed by atoms with Gasteiger partial charge in [0.1, 0.15) is 23.2 Å². The van der Waals surface area contributed by atoms with Crippen molar-refractivity contribution >= 4 is 33.3 Å². The number of hydrogen-bond donors (Lipinski definition) is 2. The summed E-state index contributed by atoms with van der Waals surface area (Å²) in [6, 6.07) is 5.74. The molecule has 1 heterocycles. The normalized spacial score (nSPS) is 10.8. The zero-order valence-corrected chi connectivity index (χ0v) is 14.2. The van der Waals surface area contributed by atoms with E-state index in [1.807, 2.05) is 39.0 Å². The van der Waals surface area contributed by atoms with Crippen molar-refractivity contribution in [2.45, 2.75) is 26.7 Å². The molecule has 3 N–H and O–H groups in total. The summed E-state index contributed by atoms with van der Waals surface area (Å²) in [6.45, 7) is 5.97. The lowest BCUT2D eigenvalue weighted by atomic mass is 10.2. The average Bonchev–Trinajstić information content (AvgIpc) is 2.43. The summed E-state index contributed by atoms with van der Waals surface area (Å²) in [5.41, 5.74) is 7.62. The number of anilines is 3. The number of nitrogens with one attached hydrogen (secondary N) is 1. The first-order valence-corrected chi connectivity index (χ1v) is 7.46. The molecular weight excluding hydrogens is 332 g/mol. The molecule has 5 nitrogen and oxygen atoms in total. The minimum atomic E-state index is 0.206. The Morgan fingerprint density at radius 2 is 2.00 bits per heavy atom. The molecule has 0 aliphatic carbocycles. The summed E-state index contributed by atoms with van der Waals surface area (Å²) in [5, 5.41) is 3.28. The summed E-state index contributed by atoms with van der Waals surface area (Å²) in [7, 11) is 1.63. The number of ether oxygens (including phenoxy) is 1. The molecule has 0 saturated heterocycles. The third kappa shape index (κ3) is 3.44. The van der Waals surface area contributed by atoms with E-state index in [1.54, 1.807) is 7.11 Å². The van der Waals surface area contributed by atoms with Gasteiger partial charge in [-0.05, 0) is 25.1 Å². The van der Waals surface area contributed by atoms with Crippen LogP contribution in [0.25, 0.3) is 0 Å². The van der Waals surface area contributed by atoms with Gasteiger partial charge < -0.3 is 15.8 Å². The molecule has 0 unspecified atom stereocenters. The molecule has 1 aromatic heterocycles.